The first kappa shape index (κ1) is 40.1. The maximum absolute atomic E-state index is 16.9. The zero-order valence-electron chi connectivity index (χ0n) is 28.1. The van der Waals surface area contributed by atoms with E-state index in [1.165, 1.54) is 13.8 Å². The first-order valence-corrected chi connectivity index (χ1v) is 18.6. The molecule has 2 unspecified atom stereocenters. The molecule has 0 amide bonds. The highest BCUT2D eigenvalue weighted by atomic mass is 32.2. The monoisotopic (exact) mass is 711 g/mol. The molecule has 9 nitrogen and oxygen atoms in total. The number of hydrogen-bond donors (Lipinski definition) is 2. The van der Waals surface area contributed by atoms with Crippen LogP contribution in [0.15, 0.2) is 91.0 Å². The van der Waals surface area contributed by atoms with Crippen molar-refractivity contribution in [1.29, 1.82) is 0 Å². The van der Waals surface area contributed by atoms with Gasteiger partial charge >= 0.3 is 13.3 Å². The fourth-order valence-corrected chi connectivity index (χ4v) is 7.26. The highest BCUT2D eigenvalue weighted by Gasteiger charge is 2.63. The van der Waals surface area contributed by atoms with Gasteiger partial charge in [0.2, 0.25) is 0 Å². The Morgan fingerprint density at radius 3 is 1.58 bits per heavy atom. The number of ether oxygens (including phenoxy) is 3. The molecule has 2 N–H and O–H groups in total. The topological polar surface area (TPSA) is 113 Å². The van der Waals surface area contributed by atoms with Crippen LogP contribution in [-0.4, -0.2) is 63.9 Å². The van der Waals surface area contributed by atoms with Crippen LogP contribution in [0.3, 0.4) is 0 Å². The molecule has 0 radical (unpaired) electrons. The number of aliphatic hydroxyl groups excluding tert-OH is 1. The van der Waals surface area contributed by atoms with Gasteiger partial charge in [-0.2, -0.15) is 8.78 Å². The second-order valence-corrected chi connectivity index (χ2v) is 16.1. The Balaban J connectivity index is 2.13. The SMILES string of the molecule is CCOP(=O)(OCC)C(F)(F)C(NS(=O)C(C)(C)C)[C@H](OCc1ccccc1)[C@@H](OCc1ccccc1)[C@H](O)COCc1ccccc1. The fraction of sp³-hybridized carbons (Fsp3) is 0.486. The van der Waals surface area contributed by atoms with Crippen molar-refractivity contribution in [1.82, 2.24) is 4.72 Å². The van der Waals surface area contributed by atoms with Crippen LogP contribution in [0, 0.1) is 0 Å². The summed E-state index contributed by atoms with van der Waals surface area (Å²) < 4.78 is 91.3. The van der Waals surface area contributed by atoms with Crippen LogP contribution >= 0.6 is 7.60 Å². The lowest BCUT2D eigenvalue weighted by Gasteiger charge is -2.41. The summed E-state index contributed by atoms with van der Waals surface area (Å²) >= 11 is 0. The molecule has 48 heavy (non-hydrogen) atoms. The van der Waals surface area contributed by atoms with Crippen molar-refractivity contribution < 1.29 is 45.9 Å². The zero-order valence-corrected chi connectivity index (χ0v) is 29.8. The van der Waals surface area contributed by atoms with Gasteiger partial charge in [0, 0.05) is 0 Å². The summed E-state index contributed by atoms with van der Waals surface area (Å²) in [4.78, 5) is 0. The molecule has 266 valence electrons. The van der Waals surface area contributed by atoms with Gasteiger partial charge < -0.3 is 28.4 Å². The third kappa shape index (κ3) is 11.6. The van der Waals surface area contributed by atoms with Crippen LogP contribution in [0.4, 0.5) is 8.78 Å². The van der Waals surface area contributed by atoms with Crippen molar-refractivity contribution in [2.24, 2.45) is 0 Å². The van der Waals surface area contributed by atoms with Crippen molar-refractivity contribution in [2.45, 2.75) is 89.2 Å². The molecule has 0 spiro atoms. The summed E-state index contributed by atoms with van der Waals surface area (Å²) in [5.41, 5.74) is -2.15. The van der Waals surface area contributed by atoms with Crippen molar-refractivity contribution >= 4 is 18.6 Å². The van der Waals surface area contributed by atoms with Gasteiger partial charge in [0.05, 0.1) is 55.4 Å². The van der Waals surface area contributed by atoms with Gasteiger partial charge in [0.1, 0.15) is 24.4 Å². The minimum absolute atomic E-state index is 0.0956. The molecule has 0 fully saturated rings. The normalized spacial score (nSPS) is 15.8. The molecule has 3 rings (SSSR count). The number of aliphatic hydroxyl groups is 1. The number of alkyl halides is 2. The Morgan fingerprint density at radius 2 is 1.17 bits per heavy atom. The third-order valence-electron chi connectivity index (χ3n) is 7.13. The molecular formula is C35H48F2NO8PS. The molecule has 0 aliphatic rings. The fourth-order valence-electron chi connectivity index (χ4n) is 4.65. The number of nitrogens with one attached hydrogen (secondary N) is 1. The van der Waals surface area contributed by atoms with Crippen LogP contribution in [0.2, 0.25) is 0 Å². The molecule has 3 aromatic carbocycles. The largest absolute Gasteiger partial charge is 0.401 e. The quantitative estimate of drug-likeness (QED) is 0.114. The molecular weight excluding hydrogens is 663 g/mol. The van der Waals surface area contributed by atoms with Crippen molar-refractivity contribution in [3.63, 3.8) is 0 Å². The molecule has 0 aliphatic carbocycles. The first-order valence-electron chi connectivity index (χ1n) is 15.9. The van der Waals surface area contributed by atoms with E-state index in [9.17, 15) is 13.9 Å². The van der Waals surface area contributed by atoms with Gasteiger partial charge in [-0.3, -0.25) is 4.57 Å². The van der Waals surface area contributed by atoms with Crippen LogP contribution in [0.5, 0.6) is 0 Å². The van der Waals surface area contributed by atoms with E-state index in [0.717, 1.165) is 5.56 Å². The maximum Gasteiger partial charge on any atom is 0.401 e. The molecule has 0 saturated carbocycles. The van der Waals surface area contributed by atoms with Gasteiger partial charge in [-0.1, -0.05) is 91.0 Å². The van der Waals surface area contributed by atoms with E-state index in [1.807, 2.05) is 36.4 Å². The Bertz CT molecular complexity index is 1410. The van der Waals surface area contributed by atoms with E-state index in [0.29, 0.717) is 11.1 Å². The van der Waals surface area contributed by atoms with Crippen molar-refractivity contribution in [2.75, 3.05) is 19.8 Å². The van der Waals surface area contributed by atoms with E-state index in [1.54, 1.807) is 75.4 Å². The molecule has 0 heterocycles. The standard InChI is InChI=1S/C35H48F2NO8PS/c1-6-45-47(40,46-7-2)35(36,37)33(38-48(41)34(3,4)5)32(44-25-29-21-15-10-16-22-29)31(43-24-28-19-13-9-14-20-28)30(39)26-42-23-27-17-11-8-12-18-27/h8-22,30-33,38-39H,6-7,23-26H2,1-5H3/t30-,31+,32-,33?,48?/m1/s1. The van der Waals surface area contributed by atoms with Crippen LogP contribution < -0.4 is 4.72 Å². The first-order chi connectivity index (χ1) is 22.8. The summed E-state index contributed by atoms with van der Waals surface area (Å²) in [5.74, 6) is 0. The van der Waals surface area contributed by atoms with Gasteiger partial charge in [0.15, 0.2) is 0 Å². The van der Waals surface area contributed by atoms with E-state index >= 15 is 8.78 Å². The van der Waals surface area contributed by atoms with Crippen molar-refractivity contribution in [3.8, 4) is 0 Å². The second-order valence-electron chi connectivity index (χ2n) is 12.0. The number of halogens is 2. The Morgan fingerprint density at radius 1 is 0.750 bits per heavy atom. The predicted molar refractivity (Wildman–Crippen MR) is 183 cm³/mol. The van der Waals surface area contributed by atoms with E-state index in [4.69, 9.17) is 23.3 Å². The minimum atomic E-state index is -5.22. The molecule has 13 heteroatoms. The van der Waals surface area contributed by atoms with Crippen molar-refractivity contribution in [3.05, 3.63) is 108 Å². The second kappa shape index (κ2) is 19.1. The third-order valence-corrected chi connectivity index (χ3v) is 10.9. The summed E-state index contributed by atoms with van der Waals surface area (Å²) in [7, 11) is -7.36. The smallest absolute Gasteiger partial charge is 0.388 e. The van der Waals surface area contributed by atoms with E-state index in [2.05, 4.69) is 4.72 Å². The molecule has 0 aromatic heterocycles. The molecule has 3 aromatic rings. The Hall–Kier alpha value is -2.38. The Labute approximate surface area is 285 Å². The summed E-state index contributed by atoms with van der Waals surface area (Å²) in [5, 5.41) is 11.6. The lowest BCUT2D eigenvalue weighted by molar-refractivity contribution is -0.172. The highest BCUT2D eigenvalue weighted by molar-refractivity contribution is 7.84. The Kier molecular flexibility index (Phi) is 16.0. The van der Waals surface area contributed by atoms with Gasteiger partial charge in [-0.05, 0) is 51.3 Å². The summed E-state index contributed by atoms with van der Waals surface area (Å²) in [6.07, 6.45) is -4.80. The highest BCUT2D eigenvalue weighted by Crippen LogP contribution is 2.64. The van der Waals surface area contributed by atoms with E-state index in [-0.39, 0.29) is 39.6 Å². The zero-order chi connectivity index (χ0) is 35.2. The van der Waals surface area contributed by atoms with Gasteiger partial charge in [0.25, 0.3) is 0 Å². The van der Waals surface area contributed by atoms with E-state index < -0.39 is 53.3 Å². The lowest BCUT2D eigenvalue weighted by Crippen LogP contribution is -2.62. The van der Waals surface area contributed by atoms with Gasteiger partial charge in [-0.25, -0.2) is 8.93 Å². The molecule has 0 aliphatic heterocycles. The number of hydrogen-bond acceptors (Lipinski definition) is 8. The number of rotatable bonds is 21. The number of benzene rings is 3. The lowest BCUT2D eigenvalue weighted by atomic mass is 10.0. The molecule has 0 saturated heterocycles. The average Bonchev–Trinajstić information content (AvgIpc) is 3.06. The minimum Gasteiger partial charge on any atom is -0.388 e. The van der Waals surface area contributed by atoms with Crippen LogP contribution in [0.25, 0.3) is 0 Å². The predicted octanol–water partition coefficient (Wildman–Crippen LogP) is 7.01. The van der Waals surface area contributed by atoms with Crippen LogP contribution in [-0.2, 0) is 58.6 Å². The molecule has 5 atom stereocenters. The molecule has 0 bridgehead atoms. The summed E-state index contributed by atoms with van der Waals surface area (Å²) in [6.45, 7) is 6.47. The summed E-state index contributed by atoms with van der Waals surface area (Å²) in [6, 6.07) is 24.7. The average molecular weight is 712 g/mol. The van der Waals surface area contributed by atoms with Crippen LogP contribution in [0.1, 0.15) is 51.3 Å². The van der Waals surface area contributed by atoms with Gasteiger partial charge in [-0.15, -0.1) is 0 Å². The maximum atomic E-state index is 16.9.